The summed E-state index contributed by atoms with van der Waals surface area (Å²) in [5.41, 5.74) is 0.521. The summed E-state index contributed by atoms with van der Waals surface area (Å²) >= 11 is 11.4. The maximum absolute atomic E-state index is 10.2. The van der Waals surface area contributed by atoms with E-state index in [2.05, 4.69) is 9.50 Å². The van der Waals surface area contributed by atoms with Gasteiger partial charge in [-0.2, -0.15) is 8.42 Å². The molecule has 1 aromatic rings. The van der Waals surface area contributed by atoms with Crippen molar-refractivity contribution in [3.63, 3.8) is 0 Å². The molecular formula is C7H7Cl2NO4S. The van der Waals surface area contributed by atoms with Crippen LogP contribution in [0.25, 0.3) is 0 Å². The predicted octanol–water partition coefficient (Wildman–Crippen LogP) is 2.18. The number of hydrogen-bond acceptors (Lipinski definition) is 4. The van der Waals surface area contributed by atoms with Crippen LogP contribution < -0.4 is 5.32 Å². The highest BCUT2D eigenvalue weighted by atomic mass is 35.5. The van der Waals surface area contributed by atoms with Gasteiger partial charge in [-0.3, -0.25) is 4.55 Å². The predicted molar refractivity (Wildman–Crippen MR) is 57.6 cm³/mol. The Morgan fingerprint density at radius 2 is 2.00 bits per heavy atom. The zero-order chi connectivity index (χ0) is 11.5. The maximum Gasteiger partial charge on any atom is 0.399 e. The molecule has 0 aromatic heterocycles. The van der Waals surface area contributed by atoms with Crippen molar-refractivity contribution in [1.82, 2.24) is 0 Å². The van der Waals surface area contributed by atoms with Crippen molar-refractivity contribution < 1.29 is 17.2 Å². The van der Waals surface area contributed by atoms with Gasteiger partial charge < -0.3 is 5.32 Å². The zero-order valence-corrected chi connectivity index (χ0v) is 9.60. The molecule has 15 heavy (non-hydrogen) atoms. The van der Waals surface area contributed by atoms with Crippen LogP contribution in [0.3, 0.4) is 0 Å². The summed E-state index contributed by atoms with van der Waals surface area (Å²) in [6.07, 6.45) is 0. The number of hydrogen-bond donors (Lipinski definition) is 2. The minimum Gasteiger partial charge on any atom is -0.361 e. The van der Waals surface area contributed by atoms with E-state index in [0.29, 0.717) is 15.7 Å². The molecule has 2 N–H and O–H groups in total. The molecule has 0 spiro atoms. The third kappa shape index (κ3) is 4.67. The lowest BCUT2D eigenvalue weighted by molar-refractivity contribution is 0.287. The Labute approximate surface area is 96.9 Å². The molecule has 0 atom stereocenters. The molecule has 1 rings (SSSR count). The van der Waals surface area contributed by atoms with Crippen LogP contribution in [0.2, 0.25) is 10.0 Å². The first-order valence-corrected chi connectivity index (χ1v) is 5.81. The second-order valence-corrected chi connectivity index (χ2v) is 4.40. The summed E-state index contributed by atoms with van der Waals surface area (Å²) < 4.78 is 32.7. The van der Waals surface area contributed by atoms with Crippen LogP contribution in [-0.2, 0) is 14.6 Å². The molecule has 0 heterocycles. The molecule has 0 saturated heterocycles. The summed E-state index contributed by atoms with van der Waals surface area (Å²) in [6.45, 7) is -0.392. The van der Waals surface area contributed by atoms with E-state index in [0.717, 1.165) is 0 Å². The van der Waals surface area contributed by atoms with E-state index in [1.54, 1.807) is 12.1 Å². The van der Waals surface area contributed by atoms with Gasteiger partial charge in [0.15, 0.2) is 0 Å². The van der Waals surface area contributed by atoms with Crippen LogP contribution in [0.1, 0.15) is 0 Å². The highest BCUT2D eigenvalue weighted by Gasteiger charge is 2.04. The summed E-state index contributed by atoms with van der Waals surface area (Å²) in [7, 11) is -4.43. The van der Waals surface area contributed by atoms with Gasteiger partial charge in [0.2, 0.25) is 0 Å². The lowest BCUT2D eigenvalue weighted by Gasteiger charge is -2.05. The molecule has 0 unspecified atom stereocenters. The van der Waals surface area contributed by atoms with Gasteiger partial charge in [-0.25, -0.2) is 4.18 Å². The van der Waals surface area contributed by atoms with E-state index < -0.39 is 17.1 Å². The first-order chi connectivity index (χ1) is 6.88. The van der Waals surface area contributed by atoms with Gasteiger partial charge in [-0.1, -0.05) is 23.2 Å². The lowest BCUT2D eigenvalue weighted by atomic mass is 10.3. The van der Waals surface area contributed by atoms with Crippen molar-refractivity contribution in [2.75, 3.05) is 12.0 Å². The summed E-state index contributed by atoms with van der Waals surface area (Å²) in [6, 6.07) is 4.62. The van der Waals surface area contributed by atoms with Gasteiger partial charge in [0.1, 0.15) is 6.73 Å². The molecule has 0 aliphatic carbocycles. The lowest BCUT2D eigenvalue weighted by Crippen LogP contribution is -2.11. The van der Waals surface area contributed by atoms with Gasteiger partial charge in [-0.15, -0.1) is 0 Å². The van der Waals surface area contributed by atoms with Crippen LogP contribution in [0.4, 0.5) is 5.69 Å². The monoisotopic (exact) mass is 271 g/mol. The largest absolute Gasteiger partial charge is 0.399 e. The SMILES string of the molecule is O=S(=O)(O)OCNc1ccc(Cl)c(Cl)c1. The first kappa shape index (κ1) is 12.5. The highest BCUT2D eigenvalue weighted by molar-refractivity contribution is 7.80. The fourth-order valence-corrected chi connectivity index (χ4v) is 1.30. The molecule has 0 amide bonds. The van der Waals surface area contributed by atoms with E-state index in [1.807, 2.05) is 0 Å². The average Bonchev–Trinajstić information content (AvgIpc) is 2.09. The van der Waals surface area contributed by atoms with Crippen molar-refractivity contribution in [1.29, 1.82) is 0 Å². The molecule has 84 valence electrons. The number of halogens is 2. The zero-order valence-electron chi connectivity index (χ0n) is 7.28. The number of anilines is 1. The van der Waals surface area contributed by atoms with E-state index in [-0.39, 0.29) is 0 Å². The molecule has 1 aromatic carbocycles. The van der Waals surface area contributed by atoms with Crippen molar-refractivity contribution >= 4 is 39.3 Å². The summed E-state index contributed by atoms with van der Waals surface area (Å²) in [4.78, 5) is 0. The Hall–Kier alpha value is -0.530. The Balaban J connectivity index is 2.55. The smallest absolute Gasteiger partial charge is 0.361 e. The number of benzene rings is 1. The van der Waals surface area contributed by atoms with Gasteiger partial charge in [0, 0.05) is 5.69 Å². The molecule has 0 saturated carbocycles. The standard InChI is InChI=1S/C7H7Cl2NO4S/c8-6-2-1-5(3-7(6)9)10-4-14-15(11,12)13/h1-3,10H,4H2,(H,11,12,13). The Morgan fingerprint density at radius 3 is 2.53 bits per heavy atom. The Kier molecular flexibility index (Phi) is 4.18. The quantitative estimate of drug-likeness (QED) is 0.649. The minimum atomic E-state index is -4.43. The van der Waals surface area contributed by atoms with Gasteiger partial charge in [0.25, 0.3) is 0 Å². The van der Waals surface area contributed by atoms with E-state index in [4.69, 9.17) is 27.8 Å². The minimum absolute atomic E-state index is 0.327. The van der Waals surface area contributed by atoms with Crippen LogP contribution in [-0.4, -0.2) is 19.7 Å². The van der Waals surface area contributed by atoms with Crippen molar-refractivity contribution in [3.8, 4) is 0 Å². The second-order valence-electron chi connectivity index (χ2n) is 2.50. The molecular weight excluding hydrogens is 265 g/mol. The van der Waals surface area contributed by atoms with Gasteiger partial charge >= 0.3 is 10.4 Å². The van der Waals surface area contributed by atoms with Crippen LogP contribution in [0.15, 0.2) is 18.2 Å². The van der Waals surface area contributed by atoms with Gasteiger partial charge in [0.05, 0.1) is 10.0 Å². The second kappa shape index (κ2) is 5.00. The molecule has 0 radical (unpaired) electrons. The average molecular weight is 272 g/mol. The topological polar surface area (TPSA) is 75.6 Å². The summed E-state index contributed by atoms with van der Waals surface area (Å²) in [5, 5.41) is 3.28. The molecule has 0 bridgehead atoms. The fraction of sp³-hybridized carbons (Fsp3) is 0.143. The van der Waals surface area contributed by atoms with Crippen molar-refractivity contribution in [3.05, 3.63) is 28.2 Å². The first-order valence-electron chi connectivity index (χ1n) is 3.69. The van der Waals surface area contributed by atoms with Crippen molar-refractivity contribution in [2.24, 2.45) is 0 Å². The molecule has 0 aliphatic rings. The highest BCUT2D eigenvalue weighted by Crippen LogP contribution is 2.24. The normalized spacial score (nSPS) is 11.4. The molecule has 8 heteroatoms. The van der Waals surface area contributed by atoms with Crippen LogP contribution >= 0.6 is 23.2 Å². The number of rotatable bonds is 4. The number of nitrogens with one attached hydrogen (secondary N) is 1. The molecule has 0 fully saturated rings. The Bertz CT molecular complexity index is 448. The van der Waals surface area contributed by atoms with Crippen molar-refractivity contribution in [2.45, 2.75) is 0 Å². The summed E-state index contributed by atoms with van der Waals surface area (Å²) in [5.74, 6) is 0. The van der Waals surface area contributed by atoms with E-state index >= 15 is 0 Å². The third-order valence-electron chi connectivity index (χ3n) is 1.40. The van der Waals surface area contributed by atoms with Crippen LogP contribution in [0.5, 0.6) is 0 Å². The van der Waals surface area contributed by atoms with E-state index in [1.165, 1.54) is 6.07 Å². The molecule has 0 aliphatic heterocycles. The fourth-order valence-electron chi connectivity index (χ4n) is 0.793. The van der Waals surface area contributed by atoms with Crippen LogP contribution in [0, 0.1) is 0 Å². The maximum atomic E-state index is 10.2. The Morgan fingerprint density at radius 1 is 1.33 bits per heavy atom. The van der Waals surface area contributed by atoms with Gasteiger partial charge in [-0.05, 0) is 18.2 Å². The van der Waals surface area contributed by atoms with E-state index in [9.17, 15) is 8.42 Å². The third-order valence-corrected chi connectivity index (χ3v) is 2.56. The molecule has 5 nitrogen and oxygen atoms in total.